The average Bonchev–Trinajstić information content (AvgIpc) is 3.65. The van der Waals surface area contributed by atoms with Crippen molar-refractivity contribution in [3.63, 3.8) is 0 Å². The second-order valence-electron chi connectivity index (χ2n) is 15.9. The van der Waals surface area contributed by atoms with Crippen LogP contribution < -0.4 is 5.32 Å². The van der Waals surface area contributed by atoms with Crippen LogP contribution in [-0.4, -0.2) is 93.0 Å². The molecule has 7 atom stereocenters. The number of likely N-dealkylation sites (N-methyl/N-ethyl adjacent to an activating group) is 1. The number of carboxylic acid groups (broad SMARTS) is 1. The van der Waals surface area contributed by atoms with Crippen LogP contribution in [0.2, 0.25) is 0 Å². The number of amides is 2. The number of piperidine rings is 1. The Balaban J connectivity index is 1.85. The number of aliphatic carboxylic acids is 1. The van der Waals surface area contributed by atoms with Gasteiger partial charge in [-0.15, -0.1) is 11.3 Å². The van der Waals surface area contributed by atoms with E-state index in [-0.39, 0.29) is 84.9 Å². The van der Waals surface area contributed by atoms with Gasteiger partial charge < -0.3 is 25.2 Å². The normalized spacial score (nSPS) is 18.1. The third-order valence-electron chi connectivity index (χ3n) is 11.1. The number of ketones is 1. The van der Waals surface area contributed by atoms with Crippen molar-refractivity contribution in [1.82, 2.24) is 20.1 Å². The molecule has 2 amide bonds. The maximum Gasteiger partial charge on any atom is 0.307 e. The number of phenolic OH excluding ortho intramolecular Hbond substituents is 1. The number of ether oxygens (including phenoxy) is 1. The summed E-state index contributed by atoms with van der Waals surface area (Å²) in [4.78, 5) is 74.7. The van der Waals surface area contributed by atoms with E-state index in [2.05, 4.69) is 10.2 Å². The topological polar surface area (TPSA) is 166 Å². The van der Waals surface area contributed by atoms with Crippen LogP contribution in [0.5, 0.6) is 5.75 Å². The molecule has 1 aromatic heterocycles. The molecule has 1 aromatic carbocycles. The number of rotatable bonds is 22. The summed E-state index contributed by atoms with van der Waals surface area (Å²) >= 11 is 1.34. The van der Waals surface area contributed by atoms with Crippen LogP contribution in [0.15, 0.2) is 29.6 Å². The van der Waals surface area contributed by atoms with Crippen molar-refractivity contribution >= 4 is 40.9 Å². The Morgan fingerprint density at radius 1 is 1.04 bits per heavy atom. The monoisotopic (exact) mass is 784 g/mol. The zero-order chi connectivity index (χ0) is 40.8. The fourth-order valence-corrected chi connectivity index (χ4v) is 8.21. The third-order valence-corrected chi connectivity index (χ3v) is 12.1. The summed E-state index contributed by atoms with van der Waals surface area (Å²) in [5.41, 5.74) is 1.06. The lowest BCUT2D eigenvalue weighted by atomic mass is 9.82. The number of hydrogen-bond acceptors (Lipinski definition) is 10. The van der Waals surface area contributed by atoms with E-state index in [0.717, 1.165) is 31.4 Å². The molecule has 1 saturated heterocycles. The number of benzene rings is 1. The van der Waals surface area contributed by atoms with E-state index < -0.39 is 29.8 Å². The number of aromatic nitrogens is 1. The molecule has 3 rings (SSSR count). The maximum absolute atomic E-state index is 14.7. The molecular weight excluding hydrogens is 721 g/mol. The molecular formula is C42H64N4O8S. The van der Waals surface area contributed by atoms with Gasteiger partial charge in [0.05, 0.1) is 17.0 Å². The van der Waals surface area contributed by atoms with Gasteiger partial charge in [0.1, 0.15) is 11.4 Å². The number of phenols is 1. The van der Waals surface area contributed by atoms with Gasteiger partial charge >= 0.3 is 11.9 Å². The van der Waals surface area contributed by atoms with Crippen molar-refractivity contribution in [3.05, 3.63) is 45.9 Å². The fraction of sp³-hybridized carbons (Fsp3) is 0.667. The first-order valence-electron chi connectivity index (χ1n) is 20.0. The number of likely N-dealkylation sites (tertiary alicyclic amines) is 1. The van der Waals surface area contributed by atoms with Crippen molar-refractivity contribution in [2.75, 3.05) is 20.3 Å². The smallest absolute Gasteiger partial charge is 0.307 e. The predicted molar refractivity (Wildman–Crippen MR) is 214 cm³/mol. The van der Waals surface area contributed by atoms with Gasteiger partial charge in [-0.05, 0) is 81.6 Å². The van der Waals surface area contributed by atoms with Gasteiger partial charge in [0, 0.05) is 42.1 Å². The average molecular weight is 785 g/mol. The minimum absolute atomic E-state index is 0.0337. The lowest BCUT2D eigenvalue weighted by Gasteiger charge is -2.39. The lowest BCUT2D eigenvalue weighted by molar-refractivity contribution is -0.160. The quantitative estimate of drug-likeness (QED) is 0.0832. The van der Waals surface area contributed by atoms with Crippen LogP contribution in [0.25, 0.3) is 0 Å². The number of carbonyl (C=O) groups is 5. The largest absolute Gasteiger partial charge is 0.508 e. The highest BCUT2D eigenvalue weighted by Gasteiger charge is 2.38. The minimum atomic E-state index is -0.957. The van der Waals surface area contributed by atoms with E-state index in [0.29, 0.717) is 30.7 Å². The Morgan fingerprint density at radius 3 is 2.33 bits per heavy atom. The first-order valence-corrected chi connectivity index (χ1v) is 20.9. The van der Waals surface area contributed by atoms with Crippen LogP contribution in [0, 0.1) is 23.7 Å². The summed E-state index contributed by atoms with van der Waals surface area (Å²) in [5.74, 6) is -3.29. The predicted octanol–water partition coefficient (Wildman–Crippen LogP) is 7.05. The Kier molecular flexibility index (Phi) is 18.3. The second-order valence-corrected chi connectivity index (χ2v) is 16.8. The number of aromatic hydroxyl groups is 1. The lowest BCUT2D eigenvalue weighted by Crippen LogP contribution is -2.50. The molecule has 0 radical (unpaired) electrons. The molecule has 0 saturated carbocycles. The van der Waals surface area contributed by atoms with E-state index in [9.17, 15) is 34.2 Å². The number of esters is 1. The molecule has 13 heteroatoms. The van der Waals surface area contributed by atoms with E-state index in [1.54, 1.807) is 41.5 Å². The molecule has 306 valence electrons. The number of Topliss-reactive ketones (excluding diaryl/α,β-unsaturated/α-hetero) is 1. The van der Waals surface area contributed by atoms with Crippen LogP contribution in [-0.2, 0) is 30.3 Å². The highest BCUT2D eigenvalue weighted by Crippen LogP contribution is 2.32. The molecule has 12 nitrogen and oxygen atoms in total. The highest BCUT2D eigenvalue weighted by atomic mass is 32.1. The Labute approximate surface area is 331 Å². The van der Waals surface area contributed by atoms with Gasteiger partial charge in [-0.25, -0.2) is 4.98 Å². The molecule has 2 aromatic rings. The molecule has 55 heavy (non-hydrogen) atoms. The van der Waals surface area contributed by atoms with Crippen molar-refractivity contribution in [2.45, 2.75) is 137 Å². The van der Waals surface area contributed by atoms with Gasteiger partial charge in [0.15, 0.2) is 12.5 Å². The summed E-state index contributed by atoms with van der Waals surface area (Å²) in [5, 5.41) is 24.6. The molecule has 1 fully saturated rings. The summed E-state index contributed by atoms with van der Waals surface area (Å²) in [6.45, 7) is 14.2. The van der Waals surface area contributed by atoms with Crippen LogP contribution >= 0.6 is 11.3 Å². The third kappa shape index (κ3) is 13.7. The molecule has 0 aliphatic carbocycles. The van der Waals surface area contributed by atoms with E-state index in [1.807, 2.05) is 48.6 Å². The number of carbonyl (C=O) groups excluding carboxylic acids is 4. The molecule has 1 aliphatic heterocycles. The highest BCUT2D eigenvalue weighted by molar-refractivity contribution is 7.09. The Hall–Kier alpha value is -3.84. The number of thiazole rings is 1. The molecule has 0 bridgehead atoms. The molecule has 2 heterocycles. The summed E-state index contributed by atoms with van der Waals surface area (Å²) in [7, 11) is 1.97. The van der Waals surface area contributed by atoms with Gasteiger partial charge in [-0.1, -0.05) is 73.4 Å². The van der Waals surface area contributed by atoms with Gasteiger partial charge in [-0.2, -0.15) is 0 Å². The number of nitrogens with one attached hydrogen (secondary N) is 1. The maximum atomic E-state index is 14.7. The molecule has 0 unspecified atom stereocenters. The molecule has 1 aliphatic rings. The SMILES string of the molecule is CCCC(=O)OCN(C(=O)[C@@H](CC(=O)[C@H]1CCCCN1C)[C@@H](C)CC)[C@H](C[C@@H](C)c1nc(C(=O)N[C@@H](Cc2ccc(O)cc2)C[C@H](C)C(=O)O)cs1)C(C)C. The molecule has 0 spiro atoms. The second kappa shape index (κ2) is 22.0. The first-order chi connectivity index (χ1) is 26.1. The Bertz CT molecular complexity index is 1560. The van der Waals surface area contributed by atoms with E-state index in [4.69, 9.17) is 9.72 Å². The number of nitrogens with zero attached hydrogens (tertiary/aromatic N) is 3. The Morgan fingerprint density at radius 2 is 1.73 bits per heavy atom. The van der Waals surface area contributed by atoms with Crippen LogP contribution in [0.4, 0.5) is 0 Å². The zero-order valence-electron chi connectivity index (χ0n) is 34.1. The van der Waals surface area contributed by atoms with Crippen LogP contribution in [0.3, 0.4) is 0 Å². The number of hydrogen-bond donors (Lipinski definition) is 3. The van der Waals surface area contributed by atoms with E-state index in [1.165, 1.54) is 11.3 Å². The van der Waals surface area contributed by atoms with Gasteiger partial charge in [0.2, 0.25) is 5.91 Å². The standard InChI is InChI=1S/C42H64N4O8S/c1-9-13-38(49)54-25-46(41(51)33(27(5)10-2)23-37(48)35-14-11-12-19-45(35)8)36(26(3)4)21-28(6)40-44-34(24-55-40)39(50)43-31(20-29(7)42(52)53)22-30-15-17-32(47)18-16-30/h15-18,24,26-29,31,33,35-36,47H,9-14,19-23,25H2,1-8H3,(H,43,50)(H,52,53)/t27-,28+,29-,31+,33-,35+,36+/m0/s1. The minimum Gasteiger partial charge on any atom is -0.508 e. The molecule has 3 N–H and O–H groups in total. The van der Waals surface area contributed by atoms with Crippen molar-refractivity contribution < 1.29 is 38.9 Å². The van der Waals surface area contributed by atoms with Crippen LogP contribution in [0.1, 0.15) is 133 Å². The van der Waals surface area contributed by atoms with Crippen molar-refractivity contribution in [1.29, 1.82) is 0 Å². The number of carboxylic acids is 1. The van der Waals surface area contributed by atoms with Crippen molar-refractivity contribution in [3.8, 4) is 5.75 Å². The summed E-state index contributed by atoms with van der Waals surface area (Å²) < 4.78 is 5.71. The summed E-state index contributed by atoms with van der Waals surface area (Å²) in [6, 6.07) is 5.54. The summed E-state index contributed by atoms with van der Waals surface area (Å²) in [6.07, 6.45) is 5.59. The van der Waals surface area contributed by atoms with Crippen molar-refractivity contribution in [2.24, 2.45) is 23.7 Å². The van der Waals surface area contributed by atoms with E-state index >= 15 is 0 Å². The fourth-order valence-electron chi connectivity index (χ4n) is 7.34. The van der Waals surface area contributed by atoms with Gasteiger partial charge in [0.25, 0.3) is 5.91 Å². The van der Waals surface area contributed by atoms with Gasteiger partial charge in [-0.3, -0.25) is 28.9 Å². The zero-order valence-corrected chi connectivity index (χ0v) is 34.9. The first kappa shape index (κ1) is 45.5.